The van der Waals surface area contributed by atoms with Gasteiger partial charge in [-0.15, -0.1) is 0 Å². The predicted molar refractivity (Wildman–Crippen MR) is 158 cm³/mol. The average Bonchev–Trinajstić information content (AvgIpc) is 2.88. The van der Waals surface area contributed by atoms with Crippen LogP contribution < -0.4 is 9.62 Å². The topological polar surface area (TPSA) is 86.8 Å². The largest absolute Gasteiger partial charge is 0.354 e. The van der Waals surface area contributed by atoms with E-state index < -0.39 is 28.5 Å². The number of carbonyl (C=O) groups is 2. The van der Waals surface area contributed by atoms with Crippen molar-refractivity contribution < 1.29 is 18.0 Å². The van der Waals surface area contributed by atoms with Gasteiger partial charge in [0.1, 0.15) is 12.6 Å². The summed E-state index contributed by atoms with van der Waals surface area (Å²) in [5.74, 6) is -0.874. The number of aryl methyl sites for hydroxylation is 1. The van der Waals surface area contributed by atoms with Crippen molar-refractivity contribution in [2.75, 3.05) is 23.7 Å². The highest BCUT2D eigenvalue weighted by atomic mass is 35.5. The second-order valence-electron chi connectivity index (χ2n) is 9.36. The number of amides is 2. The molecule has 0 heterocycles. The molecule has 0 unspecified atom stereocenters. The molecule has 0 bridgehead atoms. The SMILES string of the molecule is CCCNC(=O)[C@@H](Cc1ccccc1)N(Cc1ccc(Cl)cc1Cl)C(=O)CN(c1cccc(C)c1)S(C)(=O)=O. The summed E-state index contributed by atoms with van der Waals surface area (Å²) in [6.45, 7) is 3.72. The normalized spacial score (nSPS) is 12.0. The quantitative estimate of drug-likeness (QED) is 0.313. The van der Waals surface area contributed by atoms with Crippen molar-refractivity contribution in [3.8, 4) is 0 Å². The van der Waals surface area contributed by atoms with Gasteiger partial charge in [-0.3, -0.25) is 13.9 Å². The van der Waals surface area contributed by atoms with Crippen molar-refractivity contribution in [1.29, 1.82) is 0 Å². The van der Waals surface area contributed by atoms with E-state index in [1.165, 1.54) is 4.90 Å². The first kappa shape index (κ1) is 30.5. The van der Waals surface area contributed by atoms with Gasteiger partial charge in [0.05, 0.1) is 11.9 Å². The number of nitrogens with zero attached hydrogens (tertiary/aromatic N) is 2. The summed E-state index contributed by atoms with van der Waals surface area (Å²) in [7, 11) is -3.83. The lowest BCUT2D eigenvalue weighted by atomic mass is 10.0. The molecule has 39 heavy (non-hydrogen) atoms. The Morgan fingerprint density at radius 1 is 0.974 bits per heavy atom. The van der Waals surface area contributed by atoms with Crippen molar-refractivity contribution in [1.82, 2.24) is 10.2 Å². The van der Waals surface area contributed by atoms with Crippen molar-refractivity contribution in [2.45, 2.75) is 39.3 Å². The van der Waals surface area contributed by atoms with Crippen molar-refractivity contribution in [2.24, 2.45) is 0 Å². The van der Waals surface area contributed by atoms with E-state index in [0.717, 1.165) is 28.1 Å². The third-order valence-electron chi connectivity index (χ3n) is 6.14. The molecule has 0 saturated carbocycles. The maximum atomic E-state index is 14.0. The molecule has 0 aliphatic carbocycles. The second-order valence-corrected chi connectivity index (χ2v) is 12.1. The van der Waals surface area contributed by atoms with Gasteiger partial charge in [0.2, 0.25) is 21.8 Å². The summed E-state index contributed by atoms with van der Waals surface area (Å²) in [5, 5.41) is 3.68. The van der Waals surface area contributed by atoms with Crippen LogP contribution in [0.4, 0.5) is 5.69 Å². The molecule has 2 amide bonds. The van der Waals surface area contributed by atoms with Gasteiger partial charge in [-0.25, -0.2) is 8.42 Å². The third kappa shape index (κ3) is 8.71. The lowest BCUT2D eigenvalue weighted by Crippen LogP contribution is -2.53. The molecule has 3 rings (SSSR count). The molecular weight excluding hydrogens is 557 g/mol. The van der Waals surface area contributed by atoms with Crippen molar-refractivity contribution in [3.05, 3.63) is 99.5 Å². The van der Waals surface area contributed by atoms with Gasteiger partial charge in [0.25, 0.3) is 0 Å². The molecular formula is C29H33Cl2N3O4S. The Labute approximate surface area is 240 Å². The molecule has 0 spiro atoms. The maximum absolute atomic E-state index is 14.0. The Morgan fingerprint density at radius 2 is 1.69 bits per heavy atom. The van der Waals surface area contributed by atoms with Gasteiger partial charge in [0.15, 0.2) is 0 Å². The number of hydrogen-bond donors (Lipinski definition) is 1. The lowest BCUT2D eigenvalue weighted by molar-refractivity contribution is -0.140. The highest BCUT2D eigenvalue weighted by Crippen LogP contribution is 2.25. The average molecular weight is 591 g/mol. The van der Waals surface area contributed by atoms with E-state index in [1.54, 1.807) is 36.4 Å². The van der Waals surface area contributed by atoms with Crippen LogP contribution >= 0.6 is 23.2 Å². The van der Waals surface area contributed by atoms with Gasteiger partial charge in [-0.1, -0.05) is 78.7 Å². The first-order valence-corrected chi connectivity index (χ1v) is 15.2. The molecule has 3 aromatic rings. The maximum Gasteiger partial charge on any atom is 0.244 e. The Morgan fingerprint density at radius 3 is 2.31 bits per heavy atom. The van der Waals surface area contributed by atoms with Crippen LogP contribution in [-0.4, -0.2) is 50.5 Å². The van der Waals surface area contributed by atoms with Gasteiger partial charge in [-0.2, -0.15) is 0 Å². The number of anilines is 1. The highest BCUT2D eigenvalue weighted by molar-refractivity contribution is 7.92. The molecule has 10 heteroatoms. The molecule has 1 N–H and O–H groups in total. The van der Waals surface area contributed by atoms with Gasteiger partial charge in [-0.05, 0) is 54.3 Å². The van der Waals surface area contributed by atoms with E-state index in [9.17, 15) is 18.0 Å². The molecule has 7 nitrogen and oxygen atoms in total. The number of rotatable bonds is 12. The van der Waals surface area contributed by atoms with Crippen LogP contribution in [0.3, 0.4) is 0 Å². The number of hydrogen-bond acceptors (Lipinski definition) is 4. The van der Waals surface area contributed by atoms with Crippen LogP contribution in [0.25, 0.3) is 0 Å². The number of halogens is 2. The summed E-state index contributed by atoms with van der Waals surface area (Å²) >= 11 is 12.6. The first-order valence-electron chi connectivity index (χ1n) is 12.6. The predicted octanol–water partition coefficient (Wildman–Crippen LogP) is 5.23. The summed E-state index contributed by atoms with van der Waals surface area (Å²) in [6.07, 6.45) is 2.01. The Bertz CT molecular complexity index is 1400. The third-order valence-corrected chi connectivity index (χ3v) is 7.87. The summed E-state index contributed by atoms with van der Waals surface area (Å²) < 4.78 is 26.7. The molecule has 208 valence electrons. The van der Waals surface area contributed by atoms with Crippen LogP contribution in [-0.2, 0) is 32.6 Å². The summed E-state index contributed by atoms with van der Waals surface area (Å²) in [5.41, 5.74) is 2.65. The van der Waals surface area contributed by atoms with E-state index in [1.807, 2.05) is 50.2 Å². The number of carbonyl (C=O) groups excluding carboxylic acids is 2. The molecule has 0 aromatic heterocycles. The van der Waals surface area contributed by atoms with Crippen LogP contribution in [0.1, 0.15) is 30.0 Å². The minimum Gasteiger partial charge on any atom is -0.354 e. The fourth-order valence-electron chi connectivity index (χ4n) is 4.15. The smallest absolute Gasteiger partial charge is 0.244 e. The summed E-state index contributed by atoms with van der Waals surface area (Å²) in [6, 6.07) is 20.3. The molecule has 3 aromatic carbocycles. The Balaban J connectivity index is 2.07. The second kappa shape index (κ2) is 13.8. The van der Waals surface area contributed by atoms with Crippen LogP contribution in [0, 0.1) is 6.92 Å². The molecule has 0 fully saturated rings. The first-order chi connectivity index (χ1) is 18.5. The monoisotopic (exact) mass is 589 g/mol. The molecule has 1 atom stereocenters. The van der Waals surface area contributed by atoms with Crippen LogP contribution in [0.15, 0.2) is 72.8 Å². The van der Waals surface area contributed by atoms with Gasteiger partial charge < -0.3 is 10.2 Å². The number of sulfonamides is 1. The molecule has 0 aliphatic heterocycles. The van der Waals surface area contributed by atoms with Crippen molar-refractivity contribution >= 4 is 50.7 Å². The Hall–Kier alpha value is -3.07. The summed E-state index contributed by atoms with van der Waals surface area (Å²) in [4.78, 5) is 28.9. The fourth-order valence-corrected chi connectivity index (χ4v) is 5.46. The Kier molecular flexibility index (Phi) is 10.8. The van der Waals surface area contributed by atoms with E-state index in [0.29, 0.717) is 27.8 Å². The minimum atomic E-state index is -3.83. The fraction of sp³-hybridized carbons (Fsp3) is 0.310. The minimum absolute atomic E-state index is 0.0166. The van der Waals surface area contributed by atoms with Gasteiger partial charge >= 0.3 is 0 Å². The zero-order valence-corrected chi connectivity index (χ0v) is 24.6. The van der Waals surface area contributed by atoms with Crippen molar-refractivity contribution in [3.63, 3.8) is 0 Å². The molecule has 0 aliphatic rings. The van der Waals surface area contributed by atoms with E-state index >= 15 is 0 Å². The molecule has 0 radical (unpaired) electrons. The standard InChI is InChI=1S/C29H33Cl2N3O4S/c1-4-15-32-29(36)27(17-22-10-6-5-7-11-22)33(19-23-13-14-24(30)18-26(23)31)28(35)20-34(39(3,37)38)25-12-8-9-21(2)16-25/h5-14,16,18,27H,4,15,17,19-20H2,1-3H3,(H,32,36)/t27-/m1/s1. The van der Waals surface area contributed by atoms with Crippen LogP contribution in [0.2, 0.25) is 10.0 Å². The van der Waals surface area contributed by atoms with E-state index in [-0.39, 0.29) is 18.9 Å². The number of nitrogens with one attached hydrogen (secondary N) is 1. The highest BCUT2D eigenvalue weighted by Gasteiger charge is 2.33. The van der Waals surface area contributed by atoms with E-state index in [2.05, 4.69) is 5.32 Å². The van der Waals surface area contributed by atoms with E-state index in [4.69, 9.17) is 23.2 Å². The zero-order valence-electron chi connectivity index (χ0n) is 22.2. The zero-order chi connectivity index (χ0) is 28.6. The van der Waals surface area contributed by atoms with Gasteiger partial charge in [0, 0.05) is 29.6 Å². The molecule has 0 saturated heterocycles. The number of benzene rings is 3. The lowest BCUT2D eigenvalue weighted by Gasteiger charge is -2.33. The van der Waals surface area contributed by atoms with Crippen LogP contribution in [0.5, 0.6) is 0 Å².